The largest absolute Gasteiger partial charge is 0.373 e. The summed E-state index contributed by atoms with van der Waals surface area (Å²) in [6, 6.07) is 17.5. The van der Waals surface area contributed by atoms with Gasteiger partial charge in [0.25, 0.3) is 0 Å². The first-order valence-corrected chi connectivity index (χ1v) is 12.6. The molecule has 0 aliphatic carbocycles. The Morgan fingerprint density at radius 3 is 2.37 bits per heavy atom. The van der Waals surface area contributed by atoms with Gasteiger partial charge in [-0.1, -0.05) is 91.8 Å². The normalized spacial score (nSPS) is 11.2. The van der Waals surface area contributed by atoms with Crippen LogP contribution >= 0.6 is 0 Å². The molecule has 0 fully saturated rings. The van der Waals surface area contributed by atoms with Crippen LogP contribution in [-0.2, 0) is 30.9 Å². The minimum absolute atomic E-state index is 0.592. The Hall–Kier alpha value is -3.17. The minimum atomic E-state index is 0.592. The van der Waals surface area contributed by atoms with Crippen molar-refractivity contribution in [3.05, 3.63) is 120 Å². The number of allylic oxidation sites excluding steroid dienone is 3. The van der Waals surface area contributed by atoms with E-state index in [2.05, 4.69) is 85.2 Å². The van der Waals surface area contributed by atoms with Gasteiger partial charge in [-0.3, -0.25) is 4.99 Å². The van der Waals surface area contributed by atoms with Gasteiger partial charge < -0.3 is 9.64 Å². The van der Waals surface area contributed by atoms with Gasteiger partial charge in [0.15, 0.2) is 0 Å². The molecule has 2 rings (SSSR count). The lowest BCUT2D eigenvalue weighted by Gasteiger charge is -2.22. The van der Waals surface area contributed by atoms with E-state index in [1.165, 1.54) is 53.5 Å². The van der Waals surface area contributed by atoms with Gasteiger partial charge in [0.05, 0.1) is 13.2 Å². The van der Waals surface area contributed by atoms with Gasteiger partial charge in [-0.2, -0.15) is 0 Å². The number of hydrogen-bond donors (Lipinski definition) is 0. The quantitative estimate of drug-likeness (QED) is 0.0949. The Balaban J connectivity index is 1.94. The van der Waals surface area contributed by atoms with E-state index < -0.39 is 0 Å². The van der Waals surface area contributed by atoms with E-state index in [0.29, 0.717) is 13.2 Å². The standard InChI is InChI=1S/C32H42N2O/c1-5-6-13-24-35-27-30-20-18-29(19-21-30)25-34(23-22-33-4)26-32-17-12-11-16-31(32)15-10-8-7-9-14-28(2)3/h5-6,11-13,16-23H,1-2,4,7-10,14-15,24-27H2,3H3/b13-6-,23-22-. The molecule has 3 heteroatoms. The van der Waals surface area contributed by atoms with Crippen LogP contribution in [0.15, 0.2) is 103 Å². The van der Waals surface area contributed by atoms with Crippen LogP contribution in [0.5, 0.6) is 0 Å². The molecule has 0 heterocycles. The second kappa shape index (κ2) is 17.3. The van der Waals surface area contributed by atoms with E-state index in [-0.39, 0.29) is 0 Å². The van der Waals surface area contributed by atoms with Crippen molar-refractivity contribution < 1.29 is 4.74 Å². The summed E-state index contributed by atoms with van der Waals surface area (Å²) in [5, 5.41) is 0. The smallest absolute Gasteiger partial charge is 0.0721 e. The minimum Gasteiger partial charge on any atom is -0.373 e. The summed E-state index contributed by atoms with van der Waals surface area (Å²) in [6.45, 7) is 16.2. The van der Waals surface area contributed by atoms with Crippen molar-refractivity contribution in [3.8, 4) is 0 Å². The van der Waals surface area contributed by atoms with Crippen molar-refractivity contribution >= 4 is 6.72 Å². The van der Waals surface area contributed by atoms with Crippen LogP contribution < -0.4 is 0 Å². The number of aliphatic imine (C=N–C) groups is 1. The molecular formula is C32H42N2O. The molecule has 2 aromatic carbocycles. The molecule has 0 radical (unpaired) electrons. The molecule has 0 spiro atoms. The monoisotopic (exact) mass is 470 g/mol. The lowest BCUT2D eigenvalue weighted by molar-refractivity contribution is 0.148. The maximum atomic E-state index is 5.67. The third kappa shape index (κ3) is 12.2. The van der Waals surface area contributed by atoms with Gasteiger partial charge in [0.1, 0.15) is 0 Å². The zero-order valence-electron chi connectivity index (χ0n) is 21.5. The van der Waals surface area contributed by atoms with Crippen molar-refractivity contribution in [2.24, 2.45) is 4.99 Å². The lowest BCUT2D eigenvalue weighted by atomic mass is 9.99. The molecule has 0 amide bonds. The highest BCUT2D eigenvalue weighted by atomic mass is 16.5. The maximum absolute atomic E-state index is 5.67. The van der Waals surface area contributed by atoms with Crippen molar-refractivity contribution in [1.29, 1.82) is 0 Å². The first kappa shape index (κ1) is 28.1. The molecule has 0 saturated carbocycles. The topological polar surface area (TPSA) is 24.8 Å². The van der Waals surface area contributed by atoms with Crippen molar-refractivity contribution in [1.82, 2.24) is 4.90 Å². The number of aryl methyl sites for hydroxylation is 1. The number of rotatable bonds is 18. The number of nitrogens with zero attached hydrogens (tertiary/aromatic N) is 2. The van der Waals surface area contributed by atoms with Crippen LogP contribution in [0.4, 0.5) is 0 Å². The van der Waals surface area contributed by atoms with E-state index in [9.17, 15) is 0 Å². The Morgan fingerprint density at radius 2 is 1.66 bits per heavy atom. The SMILES string of the molecule is C=C/C=C\COCc1ccc(CN(/C=C\N=C)Cc2ccccc2CCCCCCC(=C)C)cc1. The molecule has 35 heavy (non-hydrogen) atoms. The highest BCUT2D eigenvalue weighted by Gasteiger charge is 2.08. The molecule has 0 atom stereocenters. The van der Waals surface area contributed by atoms with Crippen LogP contribution in [0, 0.1) is 0 Å². The van der Waals surface area contributed by atoms with Crippen molar-refractivity contribution in [3.63, 3.8) is 0 Å². The van der Waals surface area contributed by atoms with Gasteiger partial charge in [-0.05, 0) is 61.6 Å². The molecule has 2 aromatic rings. The Kier molecular flexibility index (Phi) is 13.9. The summed E-state index contributed by atoms with van der Waals surface area (Å²) in [7, 11) is 0. The zero-order chi connectivity index (χ0) is 25.1. The van der Waals surface area contributed by atoms with Gasteiger partial charge in [0.2, 0.25) is 0 Å². The third-order valence-electron chi connectivity index (χ3n) is 5.84. The third-order valence-corrected chi connectivity index (χ3v) is 5.84. The van der Waals surface area contributed by atoms with Gasteiger partial charge in [-0.15, -0.1) is 6.58 Å². The summed E-state index contributed by atoms with van der Waals surface area (Å²) >= 11 is 0. The molecule has 0 N–H and O–H groups in total. The van der Waals surface area contributed by atoms with Crippen molar-refractivity contribution in [2.45, 2.75) is 65.1 Å². The predicted octanol–water partition coefficient (Wildman–Crippen LogP) is 8.19. The van der Waals surface area contributed by atoms with Crippen molar-refractivity contribution in [2.75, 3.05) is 6.61 Å². The Bertz CT molecular complexity index is 956. The van der Waals surface area contributed by atoms with Crippen LogP contribution in [0.1, 0.15) is 61.3 Å². The Labute approximate surface area is 213 Å². The van der Waals surface area contributed by atoms with E-state index >= 15 is 0 Å². The number of unbranched alkanes of at least 4 members (excludes halogenated alkanes) is 3. The molecule has 0 saturated heterocycles. The van der Waals surface area contributed by atoms with E-state index in [1.54, 1.807) is 12.3 Å². The molecule has 0 aliphatic rings. The fourth-order valence-corrected chi connectivity index (χ4v) is 3.94. The number of ether oxygens (including phenoxy) is 1. The number of hydrogen-bond acceptors (Lipinski definition) is 3. The van der Waals surface area contributed by atoms with Crippen LogP contribution in [-0.4, -0.2) is 18.2 Å². The van der Waals surface area contributed by atoms with Gasteiger partial charge in [0, 0.05) is 25.5 Å². The molecule has 0 bridgehead atoms. The molecule has 0 aromatic heterocycles. The number of benzene rings is 2. The van der Waals surface area contributed by atoms with Crippen LogP contribution in [0.3, 0.4) is 0 Å². The fraction of sp³-hybridized carbons (Fsp3) is 0.344. The van der Waals surface area contributed by atoms with E-state index in [4.69, 9.17) is 4.74 Å². The first-order valence-electron chi connectivity index (χ1n) is 12.6. The highest BCUT2D eigenvalue weighted by Crippen LogP contribution is 2.18. The summed E-state index contributed by atoms with van der Waals surface area (Å²) in [5.41, 5.74) is 6.53. The van der Waals surface area contributed by atoms with E-state index in [0.717, 1.165) is 25.9 Å². The summed E-state index contributed by atoms with van der Waals surface area (Å²) in [6.07, 6.45) is 16.7. The zero-order valence-corrected chi connectivity index (χ0v) is 21.5. The fourth-order valence-electron chi connectivity index (χ4n) is 3.94. The first-order chi connectivity index (χ1) is 17.1. The Morgan fingerprint density at radius 1 is 0.943 bits per heavy atom. The summed E-state index contributed by atoms with van der Waals surface area (Å²) < 4.78 is 5.67. The molecule has 0 aliphatic heterocycles. The molecular weight excluding hydrogens is 428 g/mol. The molecule has 186 valence electrons. The summed E-state index contributed by atoms with van der Waals surface area (Å²) in [5.74, 6) is 0. The van der Waals surface area contributed by atoms with Crippen LogP contribution in [0.2, 0.25) is 0 Å². The molecule has 3 nitrogen and oxygen atoms in total. The van der Waals surface area contributed by atoms with E-state index in [1.807, 2.05) is 18.4 Å². The van der Waals surface area contributed by atoms with Crippen LogP contribution in [0.25, 0.3) is 0 Å². The lowest BCUT2D eigenvalue weighted by Crippen LogP contribution is -2.17. The highest BCUT2D eigenvalue weighted by molar-refractivity contribution is 5.29. The maximum Gasteiger partial charge on any atom is 0.0721 e. The van der Waals surface area contributed by atoms with Gasteiger partial charge >= 0.3 is 0 Å². The average molecular weight is 471 g/mol. The second-order valence-electron chi connectivity index (χ2n) is 9.02. The van der Waals surface area contributed by atoms with Gasteiger partial charge in [-0.25, -0.2) is 0 Å². The average Bonchev–Trinajstić information content (AvgIpc) is 2.86. The molecule has 0 unspecified atom stereocenters. The predicted molar refractivity (Wildman–Crippen MR) is 151 cm³/mol. The second-order valence-corrected chi connectivity index (χ2v) is 9.02. The summed E-state index contributed by atoms with van der Waals surface area (Å²) in [4.78, 5) is 6.23.